The Morgan fingerprint density at radius 1 is 1.20 bits per heavy atom. The summed E-state index contributed by atoms with van der Waals surface area (Å²) in [6.07, 6.45) is 0.943. The van der Waals surface area contributed by atoms with E-state index < -0.39 is 23.5 Å². The molecule has 2 rings (SSSR count). The molecule has 0 saturated carbocycles. The highest BCUT2D eigenvalue weighted by Gasteiger charge is 2.32. The van der Waals surface area contributed by atoms with Gasteiger partial charge in [0.05, 0.1) is 13.4 Å². The smallest absolute Gasteiger partial charge is 0.375 e. The monoisotopic (exact) mass is 345 g/mol. The average molecular weight is 345 g/mol. The first-order valence-electron chi connectivity index (χ1n) is 8.07. The molecule has 1 aromatic carbocycles. The molecule has 1 heterocycles. The van der Waals surface area contributed by atoms with Gasteiger partial charge >= 0.3 is 5.97 Å². The van der Waals surface area contributed by atoms with Crippen molar-refractivity contribution in [3.63, 3.8) is 0 Å². The van der Waals surface area contributed by atoms with E-state index in [1.165, 1.54) is 19.4 Å². The average Bonchev–Trinajstić information content (AvgIpc) is 3.13. The summed E-state index contributed by atoms with van der Waals surface area (Å²) < 4.78 is 15.8. The largest absolute Gasteiger partial charge is 0.496 e. The van der Waals surface area contributed by atoms with Crippen LogP contribution in [0.2, 0.25) is 0 Å². The fourth-order valence-electron chi connectivity index (χ4n) is 2.19. The second-order valence-electron chi connectivity index (χ2n) is 6.23. The molecule has 25 heavy (non-hydrogen) atoms. The molecule has 2 aromatic rings. The Balaban J connectivity index is 2.34. The highest BCUT2D eigenvalue weighted by atomic mass is 16.6. The van der Waals surface area contributed by atoms with Crippen LogP contribution in [0.4, 0.5) is 0 Å². The van der Waals surface area contributed by atoms with Crippen LogP contribution in [0, 0.1) is 0 Å². The molecule has 0 saturated heterocycles. The quantitative estimate of drug-likeness (QED) is 0.777. The number of hydrogen-bond donors (Lipinski definition) is 1. The standard InChI is InChI=1S/C19H23NO5/c1-5-19(2,3)20-17(21)16(13-9-6-7-10-14(13)23-4)25-18(22)15-11-8-12-24-15/h6-12,16H,5H2,1-4H3,(H,20,21)/t16-/m0/s1. The van der Waals surface area contributed by atoms with E-state index in [1.807, 2.05) is 20.8 Å². The second kappa shape index (κ2) is 7.88. The van der Waals surface area contributed by atoms with Gasteiger partial charge in [-0.25, -0.2) is 4.79 Å². The van der Waals surface area contributed by atoms with Gasteiger partial charge in [-0.1, -0.05) is 25.1 Å². The van der Waals surface area contributed by atoms with E-state index in [-0.39, 0.29) is 5.76 Å². The number of amides is 1. The van der Waals surface area contributed by atoms with E-state index in [1.54, 1.807) is 30.3 Å². The Hall–Kier alpha value is -2.76. The highest BCUT2D eigenvalue weighted by Crippen LogP contribution is 2.29. The number of carbonyl (C=O) groups excluding carboxylic acids is 2. The SMILES string of the molecule is CCC(C)(C)NC(=O)[C@@H](OC(=O)c1ccco1)c1ccccc1OC. The lowest BCUT2D eigenvalue weighted by atomic mass is 10.00. The van der Waals surface area contributed by atoms with Gasteiger partial charge in [-0.3, -0.25) is 4.79 Å². The lowest BCUT2D eigenvalue weighted by molar-refractivity contribution is -0.132. The number of carbonyl (C=O) groups is 2. The maximum absolute atomic E-state index is 12.8. The Bertz CT molecular complexity index is 721. The van der Waals surface area contributed by atoms with Crippen molar-refractivity contribution in [1.82, 2.24) is 5.32 Å². The maximum atomic E-state index is 12.8. The topological polar surface area (TPSA) is 77.8 Å². The van der Waals surface area contributed by atoms with Gasteiger partial charge in [0, 0.05) is 11.1 Å². The second-order valence-corrected chi connectivity index (χ2v) is 6.23. The van der Waals surface area contributed by atoms with Gasteiger partial charge in [-0.2, -0.15) is 0 Å². The van der Waals surface area contributed by atoms with Crippen LogP contribution in [0.3, 0.4) is 0 Å². The molecule has 0 aliphatic carbocycles. The number of ether oxygens (including phenoxy) is 2. The minimum atomic E-state index is -1.15. The Morgan fingerprint density at radius 2 is 1.92 bits per heavy atom. The number of benzene rings is 1. The van der Waals surface area contributed by atoms with E-state index in [0.717, 1.165) is 6.42 Å². The molecule has 6 heteroatoms. The van der Waals surface area contributed by atoms with Crippen LogP contribution in [-0.2, 0) is 9.53 Å². The summed E-state index contributed by atoms with van der Waals surface area (Å²) in [5.74, 6) is -0.645. The summed E-state index contributed by atoms with van der Waals surface area (Å²) in [4.78, 5) is 25.1. The number of esters is 1. The summed E-state index contributed by atoms with van der Waals surface area (Å²) in [6, 6.07) is 9.99. The molecule has 0 radical (unpaired) electrons. The van der Waals surface area contributed by atoms with Crippen molar-refractivity contribution in [3.8, 4) is 5.75 Å². The highest BCUT2D eigenvalue weighted by molar-refractivity contribution is 5.91. The summed E-state index contributed by atoms with van der Waals surface area (Å²) in [5, 5.41) is 2.90. The first-order chi connectivity index (χ1) is 11.9. The van der Waals surface area contributed by atoms with Crippen LogP contribution < -0.4 is 10.1 Å². The van der Waals surface area contributed by atoms with Crippen LogP contribution in [0.25, 0.3) is 0 Å². The van der Waals surface area contributed by atoms with Gasteiger partial charge in [-0.15, -0.1) is 0 Å². The number of para-hydroxylation sites is 1. The first-order valence-corrected chi connectivity index (χ1v) is 8.07. The van der Waals surface area contributed by atoms with Crippen LogP contribution in [-0.4, -0.2) is 24.5 Å². The summed E-state index contributed by atoms with van der Waals surface area (Å²) in [7, 11) is 1.50. The number of methoxy groups -OCH3 is 1. The molecular formula is C19H23NO5. The minimum Gasteiger partial charge on any atom is -0.496 e. The zero-order valence-electron chi connectivity index (χ0n) is 14.9. The lowest BCUT2D eigenvalue weighted by Gasteiger charge is -2.28. The summed E-state index contributed by atoms with van der Waals surface area (Å²) in [5.41, 5.74) is 0.0309. The zero-order chi connectivity index (χ0) is 18.4. The maximum Gasteiger partial charge on any atom is 0.375 e. The van der Waals surface area contributed by atoms with Crippen molar-refractivity contribution in [1.29, 1.82) is 0 Å². The molecule has 0 unspecified atom stereocenters. The third-order valence-electron chi connectivity index (χ3n) is 3.95. The van der Waals surface area contributed by atoms with Gasteiger partial charge in [-0.05, 0) is 38.5 Å². The number of rotatable bonds is 7. The van der Waals surface area contributed by atoms with Crippen LogP contribution in [0.15, 0.2) is 47.1 Å². The zero-order valence-corrected chi connectivity index (χ0v) is 14.9. The number of furan rings is 1. The van der Waals surface area contributed by atoms with E-state index in [2.05, 4.69) is 5.32 Å². The van der Waals surface area contributed by atoms with Crippen molar-refractivity contribution in [2.45, 2.75) is 38.8 Å². The van der Waals surface area contributed by atoms with Gasteiger partial charge in [0.1, 0.15) is 5.75 Å². The molecule has 1 atom stereocenters. The molecule has 0 spiro atoms. The first kappa shape index (κ1) is 18.6. The van der Waals surface area contributed by atoms with E-state index >= 15 is 0 Å². The van der Waals surface area contributed by atoms with Crippen molar-refractivity contribution < 1.29 is 23.5 Å². The number of hydrogen-bond acceptors (Lipinski definition) is 5. The van der Waals surface area contributed by atoms with E-state index in [4.69, 9.17) is 13.9 Å². The lowest BCUT2D eigenvalue weighted by Crippen LogP contribution is -2.45. The van der Waals surface area contributed by atoms with Gasteiger partial charge < -0.3 is 19.2 Å². The predicted molar refractivity (Wildman–Crippen MR) is 92.4 cm³/mol. The molecule has 134 valence electrons. The third kappa shape index (κ3) is 4.62. The van der Waals surface area contributed by atoms with E-state index in [9.17, 15) is 9.59 Å². The summed E-state index contributed by atoms with van der Waals surface area (Å²) in [6.45, 7) is 5.77. The molecular weight excluding hydrogens is 322 g/mol. The molecule has 0 fully saturated rings. The molecule has 0 aliphatic heterocycles. The third-order valence-corrected chi connectivity index (χ3v) is 3.95. The molecule has 1 amide bonds. The predicted octanol–water partition coefficient (Wildman–Crippen LogP) is 3.49. The number of nitrogens with one attached hydrogen (secondary N) is 1. The molecule has 1 N–H and O–H groups in total. The van der Waals surface area contributed by atoms with Gasteiger partial charge in [0.15, 0.2) is 0 Å². The van der Waals surface area contributed by atoms with Gasteiger partial charge in [0.25, 0.3) is 5.91 Å². The fraction of sp³-hybridized carbons (Fsp3) is 0.368. The van der Waals surface area contributed by atoms with Gasteiger partial charge in [0.2, 0.25) is 11.9 Å². The Morgan fingerprint density at radius 3 is 2.52 bits per heavy atom. The Labute approximate surface area is 147 Å². The van der Waals surface area contributed by atoms with Crippen molar-refractivity contribution in [2.24, 2.45) is 0 Å². The fourth-order valence-corrected chi connectivity index (χ4v) is 2.19. The van der Waals surface area contributed by atoms with Crippen molar-refractivity contribution >= 4 is 11.9 Å². The molecule has 0 aliphatic rings. The normalized spacial score (nSPS) is 12.3. The van der Waals surface area contributed by atoms with Crippen LogP contribution >= 0.6 is 0 Å². The Kier molecular flexibility index (Phi) is 5.85. The van der Waals surface area contributed by atoms with E-state index in [0.29, 0.717) is 11.3 Å². The molecule has 0 bridgehead atoms. The molecule has 6 nitrogen and oxygen atoms in total. The minimum absolute atomic E-state index is 0.0300. The van der Waals surface area contributed by atoms with Crippen molar-refractivity contribution in [2.75, 3.05) is 7.11 Å². The van der Waals surface area contributed by atoms with Crippen LogP contribution in [0.5, 0.6) is 5.75 Å². The van der Waals surface area contributed by atoms with Crippen LogP contribution in [0.1, 0.15) is 49.4 Å². The van der Waals surface area contributed by atoms with Crippen molar-refractivity contribution in [3.05, 3.63) is 54.0 Å². The molecule has 1 aromatic heterocycles. The summed E-state index contributed by atoms with van der Waals surface area (Å²) >= 11 is 0.